The molecule has 1 heterocycles. The highest BCUT2D eigenvalue weighted by Gasteiger charge is 2.45. The van der Waals surface area contributed by atoms with Gasteiger partial charge in [-0.3, -0.25) is 9.59 Å². The molecule has 1 aliphatic heterocycles. The van der Waals surface area contributed by atoms with Crippen LogP contribution in [-0.4, -0.2) is 42.4 Å². The van der Waals surface area contributed by atoms with Crippen molar-refractivity contribution in [3.05, 3.63) is 0 Å². The molecule has 0 radical (unpaired) electrons. The van der Waals surface area contributed by atoms with Crippen molar-refractivity contribution in [2.75, 3.05) is 19.6 Å². The van der Waals surface area contributed by atoms with E-state index in [-0.39, 0.29) is 17.9 Å². The van der Waals surface area contributed by atoms with Crippen molar-refractivity contribution in [1.29, 1.82) is 0 Å². The van der Waals surface area contributed by atoms with Crippen LogP contribution in [-0.2, 0) is 9.59 Å². The molecule has 1 aliphatic carbocycles. The maximum absolute atomic E-state index is 12.5. The lowest BCUT2D eigenvalue weighted by atomic mass is 9.83. The van der Waals surface area contributed by atoms with Gasteiger partial charge in [0, 0.05) is 32.1 Å². The van der Waals surface area contributed by atoms with Crippen molar-refractivity contribution >= 4 is 11.8 Å². The first-order valence-corrected chi connectivity index (χ1v) is 6.36. The predicted molar refractivity (Wildman–Crippen MR) is 64.1 cm³/mol. The normalized spacial score (nSPS) is 34.4. The Morgan fingerprint density at radius 3 is 2.94 bits per heavy atom. The predicted octanol–water partition coefficient (Wildman–Crippen LogP) is -0.148. The Kier molecular flexibility index (Phi) is 3.38. The second-order valence-corrected chi connectivity index (χ2v) is 5.31. The Labute approximate surface area is 102 Å². The molecule has 5 nitrogen and oxygen atoms in total. The van der Waals surface area contributed by atoms with Crippen molar-refractivity contribution in [1.82, 2.24) is 10.2 Å². The zero-order valence-corrected chi connectivity index (χ0v) is 10.4. The molecule has 3 N–H and O–H groups in total. The fourth-order valence-corrected chi connectivity index (χ4v) is 2.79. The van der Waals surface area contributed by atoms with E-state index < -0.39 is 5.41 Å². The number of hydrogen-bond acceptors (Lipinski definition) is 3. The molecule has 0 aromatic carbocycles. The summed E-state index contributed by atoms with van der Waals surface area (Å²) >= 11 is 0. The van der Waals surface area contributed by atoms with E-state index in [1.54, 1.807) is 4.90 Å². The summed E-state index contributed by atoms with van der Waals surface area (Å²) in [6.07, 6.45) is 3.21. The molecular formula is C12H21N3O2. The van der Waals surface area contributed by atoms with E-state index in [2.05, 4.69) is 5.32 Å². The number of nitrogens with two attached hydrogens (primary N) is 1. The maximum Gasteiger partial charge on any atom is 0.230 e. The van der Waals surface area contributed by atoms with Crippen LogP contribution in [0.3, 0.4) is 0 Å². The van der Waals surface area contributed by atoms with Gasteiger partial charge in [0.1, 0.15) is 0 Å². The summed E-state index contributed by atoms with van der Waals surface area (Å²) in [7, 11) is 0. The number of rotatable bonds is 1. The molecule has 17 heavy (non-hydrogen) atoms. The molecule has 2 aliphatic rings. The third kappa shape index (κ3) is 2.29. The van der Waals surface area contributed by atoms with Crippen LogP contribution in [0.2, 0.25) is 0 Å². The Morgan fingerprint density at radius 1 is 1.53 bits per heavy atom. The number of amides is 2. The van der Waals surface area contributed by atoms with Crippen LogP contribution < -0.4 is 11.1 Å². The van der Waals surface area contributed by atoms with E-state index in [1.165, 1.54) is 0 Å². The zero-order valence-electron chi connectivity index (χ0n) is 10.4. The number of carbonyl (C=O) groups is 2. The lowest BCUT2D eigenvalue weighted by Crippen LogP contribution is -2.50. The second kappa shape index (κ2) is 4.64. The average molecular weight is 239 g/mol. The highest BCUT2D eigenvalue weighted by Crippen LogP contribution is 2.38. The molecule has 2 unspecified atom stereocenters. The third-order valence-electron chi connectivity index (χ3n) is 4.12. The second-order valence-electron chi connectivity index (χ2n) is 5.31. The van der Waals surface area contributed by atoms with Gasteiger partial charge in [-0.1, -0.05) is 6.42 Å². The molecule has 5 heteroatoms. The summed E-state index contributed by atoms with van der Waals surface area (Å²) in [4.78, 5) is 25.5. The molecule has 0 aromatic heterocycles. The van der Waals surface area contributed by atoms with Gasteiger partial charge < -0.3 is 16.0 Å². The fraction of sp³-hybridized carbons (Fsp3) is 0.833. The molecule has 2 atom stereocenters. The van der Waals surface area contributed by atoms with Crippen molar-refractivity contribution < 1.29 is 9.59 Å². The minimum atomic E-state index is -0.423. The van der Waals surface area contributed by atoms with Crippen LogP contribution in [0.1, 0.15) is 32.6 Å². The lowest BCUT2D eigenvalue weighted by Gasteiger charge is -2.33. The van der Waals surface area contributed by atoms with E-state index in [0.29, 0.717) is 26.1 Å². The van der Waals surface area contributed by atoms with Crippen molar-refractivity contribution in [3.8, 4) is 0 Å². The summed E-state index contributed by atoms with van der Waals surface area (Å²) < 4.78 is 0. The molecule has 0 aromatic rings. The van der Waals surface area contributed by atoms with Gasteiger partial charge in [-0.15, -0.1) is 0 Å². The molecule has 0 bridgehead atoms. The standard InChI is InChI=1S/C12H21N3O2/c1-12(5-2-3-9(12)13)11(17)15-7-4-10(16)14-6-8-15/h9H,2-8,13H2,1H3,(H,14,16). The van der Waals surface area contributed by atoms with Crippen molar-refractivity contribution in [3.63, 3.8) is 0 Å². The molecule has 2 amide bonds. The molecule has 0 spiro atoms. The Balaban J connectivity index is 2.06. The van der Waals surface area contributed by atoms with Gasteiger partial charge in [0.05, 0.1) is 5.41 Å². The molecular weight excluding hydrogens is 218 g/mol. The van der Waals surface area contributed by atoms with Gasteiger partial charge in [-0.05, 0) is 19.8 Å². The number of nitrogens with one attached hydrogen (secondary N) is 1. The van der Waals surface area contributed by atoms with E-state index in [4.69, 9.17) is 5.73 Å². The van der Waals surface area contributed by atoms with E-state index in [1.807, 2.05) is 6.92 Å². The summed E-state index contributed by atoms with van der Waals surface area (Å²) in [6.45, 7) is 3.64. The van der Waals surface area contributed by atoms with Gasteiger partial charge in [-0.2, -0.15) is 0 Å². The smallest absolute Gasteiger partial charge is 0.230 e. The third-order valence-corrected chi connectivity index (χ3v) is 4.12. The van der Waals surface area contributed by atoms with Crippen LogP contribution in [0, 0.1) is 5.41 Å². The first-order valence-electron chi connectivity index (χ1n) is 6.36. The maximum atomic E-state index is 12.5. The quantitative estimate of drug-likeness (QED) is 0.668. The minimum Gasteiger partial charge on any atom is -0.354 e. The topological polar surface area (TPSA) is 75.4 Å². The number of nitrogens with zero attached hydrogens (tertiary/aromatic N) is 1. The largest absolute Gasteiger partial charge is 0.354 e. The Hall–Kier alpha value is -1.10. The van der Waals surface area contributed by atoms with Crippen LogP contribution in [0.5, 0.6) is 0 Å². The average Bonchev–Trinajstić information content (AvgIpc) is 2.52. The Morgan fingerprint density at radius 2 is 2.29 bits per heavy atom. The van der Waals surface area contributed by atoms with E-state index in [9.17, 15) is 9.59 Å². The minimum absolute atomic E-state index is 0.0289. The van der Waals surface area contributed by atoms with Gasteiger partial charge in [0.15, 0.2) is 0 Å². The molecule has 2 fully saturated rings. The Bertz CT molecular complexity index is 332. The van der Waals surface area contributed by atoms with Gasteiger partial charge in [0.2, 0.25) is 11.8 Å². The number of hydrogen-bond donors (Lipinski definition) is 2. The number of carbonyl (C=O) groups excluding carboxylic acids is 2. The first kappa shape index (κ1) is 12.4. The molecule has 1 saturated heterocycles. The van der Waals surface area contributed by atoms with Crippen LogP contribution >= 0.6 is 0 Å². The highest BCUT2D eigenvalue weighted by atomic mass is 16.2. The monoisotopic (exact) mass is 239 g/mol. The molecule has 96 valence electrons. The lowest BCUT2D eigenvalue weighted by molar-refractivity contribution is -0.141. The van der Waals surface area contributed by atoms with Crippen LogP contribution in [0.15, 0.2) is 0 Å². The van der Waals surface area contributed by atoms with E-state index >= 15 is 0 Å². The fourth-order valence-electron chi connectivity index (χ4n) is 2.79. The highest BCUT2D eigenvalue weighted by molar-refractivity contribution is 5.85. The van der Waals surface area contributed by atoms with Crippen molar-refractivity contribution in [2.24, 2.45) is 11.1 Å². The summed E-state index contributed by atoms with van der Waals surface area (Å²) in [5, 5.41) is 2.78. The summed E-state index contributed by atoms with van der Waals surface area (Å²) in [6, 6.07) is -0.0399. The van der Waals surface area contributed by atoms with Gasteiger partial charge >= 0.3 is 0 Å². The SMILES string of the molecule is CC1(C(=O)N2CCNC(=O)CC2)CCCC1N. The van der Waals surface area contributed by atoms with Crippen molar-refractivity contribution in [2.45, 2.75) is 38.6 Å². The van der Waals surface area contributed by atoms with Gasteiger partial charge in [0.25, 0.3) is 0 Å². The molecule has 1 saturated carbocycles. The van der Waals surface area contributed by atoms with Crippen LogP contribution in [0.4, 0.5) is 0 Å². The summed E-state index contributed by atoms with van der Waals surface area (Å²) in [5.41, 5.74) is 5.63. The van der Waals surface area contributed by atoms with E-state index in [0.717, 1.165) is 19.3 Å². The van der Waals surface area contributed by atoms with Gasteiger partial charge in [-0.25, -0.2) is 0 Å². The summed E-state index contributed by atoms with van der Waals surface area (Å²) in [5.74, 6) is 0.153. The zero-order chi connectivity index (χ0) is 12.5. The first-order chi connectivity index (χ1) is 8.04. The van der Waals surface area contributed by atoms with Crippen LogP contribution in [0.25, 0.3) is 0 Å². The molecule has 2 rings (SSSR count).